The SMILES string of the molecule is O=C1NC(c2ccc(F)c(F)c2)=N/C1=C/c1ccc2c(c1)OCO2. The van der Waals surface area contributed by atoms with E-state index >= 15 is 0 Å². The molecule has 0 bridgehead atoms. The Balaban J connectivity index is 1.67. The number of amides is 1. The van der Waals surface area contributed by atoms with Gasteiger partial charge in [-0.3, -0.25) is 4.79 Å². The van der Waals surface area contributed by atoms with E-state index < -0.39 is 17.5 Å². The van der Waals surface area contributed by atoms with E-state index in [1.807, 2.05) is 0 Å². The summed E-state index contributed by atoms with van der Waals surface area (Å²) in [4.78, 5) is 16.2. The number of benzene rings is 2. The van der Waals surface area contributed by atoms with Gasteiger partial charge in [-0.05, 0) is 42.0 Å². The average molecular weight is 328 g/mol. The lowest BCUT2D eigenvalue weighted by Gasteiger charge is -2.00. The zero-order chi connectivity index (χ0) is 16.7. The number of halogens is 2. The first-order valence-electron chi connectivity index (χ1n) is 7.07. The standard InChI is InChI=1S/C17H10F2N2O3/c18-11-3-2-10(7-12(11)19)16-20-13(17(22)21-16)5-9-1-4-14-15(6-9)24-8-23-14/h1-7H,8H2,(H,20,21,22)/b13-5+. The highest BCUT2D eigenvalue weighted by molar-refractivity contribution is 6.19. The Morgan fingerprint density at radius 1 is 1.04 bits per heavy atom. The van der Waals surface area contributed by atoms with E-state index in [9.17, 15) is 13.6 Å². The van der Waals surface area contributed by atoms with Crippen LogP contribution in [0.1, 0.15) is 11.1 Å². The molecule has 2 aliphatic heterocycles. The molecule has 0 spiro atoms. The third kappa shape index (κ3) is 2.50. The van der Waals surface area contributed by atoms with Gasteiger partial charge in [0.25, 0.3) is 5.91 Å². The molecule has 0 aliphatic carbocycles. The van der Waals surface area contributed by atoms with Gasteiger partial charge in [0.15, 0.2) is 23.1 Å². The minimum Gasteiger partial charge on any atom is -0.454 e. The molecular formula is C17H10F2N2O3. The molecule has 0 atom stereocenters. The summed E-state index contributed by atoms with van der Waals surface area (Å²) in [5, 5.41) is 2.54. The van der Waals surface area contributed by atoms with Gasteiger partial charge in [-0.2, -0.15) is 0 Å². The number of carbonyl (C=O) groups is 1. The molecule has 0 fully saturated rings. The Morgan fingerprint density at radius 2 is 1.88 bits per heavy atom. The Kier molecular flexibility index (Phi) is 3.26. The van der Waals surface area contributed by atoms with Crippen LogP contribution in [0.25, 0.3) is 6.08 Å². The van der Waals surface area contributed by atoms with Crippen molar-refractivity contribution in [3.63, 3.8) is 0 Å². The normalized spacial score (nSPS) is 17.2. The number of hydrogen-bond acceptors (Lipinski definition) is 4. The molecular weight excluding hydrogens is 318 g/mol. The van der Waals surface area contributed by atoms with Gasteiger partial charge in [0, 0.05) is 5.56 Å². The van der Waals surface area contributed by atoms with E-state index in [4.69, 9.17) is 9.47 Å². The molecule has 4 rings (SSSR count). The molecule has 2 aromatic rings. The molecule has 7 heteroatoms. The summed E-state index contributed by atoms with van der Waals surface area (Å²) in [6.07, 6.45) is 1.57. The van der Waals surface area contributed by atoms with Crippen LogP contribution in [0, 0.1) is 11.6 Å². The van der Waals surface area contributed by atoms with E-state index in [1.54, 1.807) is 24.3 Å². The monoisotopic (exact) mass is 328 g/mol. The molecule has 0 saturated heterocycles. The molecule has 0 unspecified atom stereocenters. The highest BCUT2D eigenvalue weighted by atomic mass is 19.2. The predicted octanol–water partition coefficient (Wildman–Crippen LogP) is 2.61. The van der Waals surface area contributed by atoms with Gasteiger partial charge in [0.2, 0.25) is 6.79 Å². The van der Waals surface area contributed by atoms with Gasteiger partial charge in [0.1, 0.15) is 11.5 Å². The van der Waals surface area contributed by atoms with Gasteiger partial charge in [-0.25, -0.2) is 13.8 Å². The fourth-order valence-corrected chi connectivity index (χ4v) is 2.41. The number of aliphatic imine (C=N–C) groups is 1. The minimum absolute atomic E-state index is 0.161. The van der Waals surface area contributed by atoms with Crippen LogP contribution in [0.5, 0.6) is 11.5 Å². The maximum atomic E-state index is 13.3. The molecule has 2 aromatic carbocycles. The van der Waals surface area contributed by atoms with Crippen LogP contribution >= 0.6 is 0 Å². The molecule has 120 valence electrons. The number of nitrogens with one attached hydrogen (secondary N) is 1. The van der Waals surface area contributed by atoms with Crippen molar-refractivity contribution < 1.29 is 23.0 Å². The number of rotatable bonds is 2. The fourth-order valence-electron chi connectivity index (χ4n) is 2.41. The maximum Gasteiger partial charge on any atom is 0.275 e. The molecule has 5 nitrogen and oxygen atoms in total. The quantitative estimate of drug-likeness (QED) is 0.862. The third-order valence-electron chi connectivity index (χ3n) is 3.59. The summed E-state index contributed by atoms with van der Waals surface area (Å²) in [7, 11) is 0. The summed E-state index contributed by atoms with van der Waals surface area (Å²) in [6.45, 7) is 0.161. The van der Waals surface area contributed by atoms with E-state index in [0.29, 0.717) is 17.1 Å². The van der Waals surface area contributed by atoms with Crippen LogP contribution in [0.2, 0.25) is 0 Å². The largest absolute Gasteiger partial charge is 0.454 e. The first kappa shape index (κ1) is 14.4. The van der Waals surface area contributed by atoms with Crippen molar-refractivity contribution in [1.82, 2.24) is 5.32 Å². The van der Waals surface area contributed by atoms with Crippen molar-refractivity contribution in [2.24, 2.45) is 4.99 Å². The number of ether oxygens (including phenoxy) is 2. The average Bonchev–Trinajstić information content (AvgIpc) is 3.17. The minimum atomic E-state index is -1.00. The molecule has 0 saturated carbocycles. The van der Waals surface area contributed by atoms with E-state index in [0.717, 1.165) is 12.1 Å². The van der Waals surface area contributed by atoms with E-state index in [1.165, 1.54) is 6.07 Å². The number of fused-ring (bicyclic) bond motifs is 1. The second-order valence-electron chi connectivity index (χ2n) is 5.19. The highest BCUT2D eigenvalue weighted by Crippen LogP contribution is 2.33. The zero-order valence-electron chi connectivity index (χ0n) is 12.2. The van der Waals surface area contributed by atoms with Gasteiger partial charge in [0.05, 0.1) is 0 Å². The lowest BCUT2D eigenvalue weighted by Crippen LogP contribution is -2.24. The Bertz CT molecular complexity index is 922. The molecule has 1 N–H and O–H groups in total. The van der Waals surface area contributed by atoms with Gasteiger partial charge in [-0.15, -0.1) is 0 Å². The second-order valence-corrected chi connectivity index (χ2v) is 5.19. The Morgan fingerprint density at radius 3 is 2.71 bits per heavy atom. The van der Waals surface area contributed by atoms with Crippen LogP contribution in [0.15, 0.2) is 47.1 Å². The van der Waals surface area contributed by atoms with E-state index in [2.05, 4.69) is 10.3 Å². The van der Waals surface area contributed by atoms with Gasteiger partial charge < -0.3 is 14.8 Å². The molecule has 0 radical (unpaired) electrons. The van der Waals surface area contributed by atoms with Crippen LogP contribution in [-0.4, -0.2) is 18.5 Å². The molecule has 2 aliphatic rings. The molecule has 2 heterocycles. The third-order valence-corrected chi connectivity index (χ3v) is 3.59. The lowest BCUT2D eigenvalue weighted by atomic mass is 10.1. The fraction of sp³-hybridized carbons (Fsp3) is 0.0588. The van der Waals surface area contributed by atoms with Crippen LogP contribution < -0.4 is 14.8 Å². The smallest absolute Gasteiger partial charge is 0.275 e. The van der Waals surface area contributed by atoms with Crippen molar-refractivity contribution in [2.75, 3.05) is 6.79 Å². The first-order valence-corrected chi connectivity index (χ1v) is 7.07. The Labute approximate surface area is 135 Å². The molecule has 0 aromatic heterocycles. The highest BCUT2D eigenvalue weighted by Gasteiger charge is 2.22. The van der Waals surface area contributed by atoms with Gasteiger partial charge >= 0.3 is 0 Å². The van der Waals surface area contributed by atoms with Crippen LogP contribution in [-0.2, 0) is 4.79 Å². The summed E-state index contributed by atoms with van der Waals surface area (Å²) >= 11 is 0. The number of carbonyl (C=O) groups excluding carboxylic acids is 1. The van der Waals surface area contributed by atoms with Crippen LogP contribution in [0.3, 0.4) is 0 Å². The molecule has 24 heavy (non-hydrogen) atoms. The summed E-state index contributed by atoms with van der Waals surface area (Å²) in [5.41, 5.74) is 1.16. The van der Waals surface area contributed by atoms with Crippen molar-refractivity contribution in [3.05, 3.63) is 64.9 Å². The van der Waals surface area contributed by atoms with Crippen molar-refractivity contribution >= 4 is 17.8 Å². The van der Waals surface area contributed by atoms with Crippen molar-refractivity contribution in [2.45, 2.75) is 0 Å². The second kappa shape index (κ2) is 5.45. The predicted molar refractivity (Wildman–Crippen MR) is 81.6 cm³/mol. The lowest BCUT2D eigenvalue weighted by molar-refractivity contribution is -0.115. The van der Waals surface area contributed by atoms with Crippen LogP contribution in [0.4, 0.5) is 8.78 Å². The van der Waals surface area contributed by atoms with Crippen molar-refractivity contribution in [1.29, 1.82) is 0 Å². The summed E-state index contributed by atoms with van der Waals surface area (Å²) < 4.78 is 36.8. The van der Waals surface area contributed by atoms with E-state index in [-0.39, 0.29) is 23.9 Å². The topological polar surface area (TPSA) is 59.9 Å². The van der Waals surface area contributed by atoms with Gasteiger partial charge in [-0.1, -0.05) is 6.07 Å². The number of nitrogens with zero attached hydrogens (tertiary/aromatic N) is 1. The zero-order valence-corrected chi connectivity index (χ0v) is 12.2. The number of amidine groups is 1. The number of hydrogen-bond donors (Lipinski definition) is 1. The molecule has 1 amide bonds. The maximum absolute atomic E-state index is 13.3. The summed E-state index contributed by atoms with van der Waals surface area (Å²) in [5.74, 6) is -0.984. The first-order chi connectivity index (χ1) is 11.6. The summed E-state index contributed by atoms with van der Waals surface area (Å²) in [6, 6.07) is 8.55. The van der Waals surface area contributed by atoms with Crippen molar-refractivity contribution in [3.8, 4) is 11.5 Å². The Hall–Kier alpha value is -3.22.